The van der Waals surface area contributed by atoms with Crippen LogP contribution in [0.5, 0.6) is 0 Å². The van der Waals surface area contributed by atoms with Crippen LogP contribution in [0.1, 0.15) is 23.9 Å². The van der Waals surface area contributed by atoms with Crippen LogP contribution in [-0.2, 0) is 13.1 Å². The molecule has 5 heteroatoms. The highest BCUT2D eigenvalue weighted by Crippen LogP contribution is 2.27. The van der Waals surface area contributed by atoms with Gasteiger partial charge in [0.1, 0.15) is 0 Å². The molecule has 2 aromatic heterocycles. The van der Waals surface area contributed by atoms with Gasteiger partial charge in [-0.15, -0.1) is 0 Å². The van der Waals surface area contributed by atoms with Gasteiger partial charge in [0.05, 0.1) is 17.6 Å². The van der Waals surface area contributed by atoms with Gasteiger partial charge in [0.2, 0.25) is 0 Å². The number of rotatable bonds is 4. The first-order chi connectivity index (χ1) is 8.19. The summed E-state index contributed by atoms with van der Waals surface area (Å²) in [5.41, 5.74) is 5.66. The molecule has 17 heavy (non-hydrogen) atoms. The minimum Gasteiger partial charge on any atom is -0.316 e. The second-order valence-electron chi connectivity index (χ2n) is 4.16. The fraction of sp³-hybridized carbons (Fsp3) is 0.500. The highest BCUT2D eigenvalue weighted by molar-refractivity contribution is 5.67. The highest BCUT2D eigenvalue weighted by atomic mass is 15.3. The van der Waals surface area contributed by atoms with Crippen molar-refractivity contribution in [1.29, 1.82) is 0 Å². The van der Waals surface area contributed by atoms with E-state index in [0.29, 0.717) is 0 Å². The monoisotopic (exact) mass is 233 g/mol. The molecule has 92 valence electrons. The Morgan fingerprint density at radius 3 is 2.76 bits per heavy atom. The molecule has 0 aliphatic heterocycles. The molecule has 2 heterocycles. The van der Waals surface area contributed by atoms with E-state index in [2.05, 4.69) is 34.5 Å². The van der Waals surface area contributed by atoms with Crippen LogP contribution in [0.15, 0.2) is 6.20 Å². The predicted molar refractivity (Wildman–Crippen MR) is 67.7 cm³/mol. The number of aromatic nitrogens is 4. The molecular weight excluding hydrogens is 214 g/mol. The van der Waals surface area contributed by atoms with Crippen molar-refractivity contribution in [2.75, 3.05) is 7.05 Å². The number of aromatic amines is 1. The first-order valence-electron chi connectivity index (χ1n) is 5.90. The molecule has 0 saturated heterocycles. The molecule has 5 nitrogen and oxygen atoms in total. The van der Waals surface area contributed by atoms with Crippen LogP contribution in [0.25, 0.3) is 11.3 Å². The van der Waals surface area contributed by atoms with Crippen LogP contribution in [0.2, 0.25) is 0 Å². The van der Waals surface area contributed by atoms with E-state index >= 15 is 0 Å². The Morgan fingerprint density at radius 1 is 1.41 bits per heavy atom. The van der Waals surface area contributed by atoms with Crippen molar-refractivity contribution in [3.8, 4) is 11.3 Å². The summed E-state index contributed by atoms with van der Waals surface area (Å²) >= 11 is 0. The van der Waals surface area contributed by atoms with Crippen molar-refractivity contribution in [1.82, 2.24) is 25.3 Å². The molecular formula is C12H19N5. The van der Waals surface area contributed by atoms with Crippen LogP contribution in [0, 0.1) is 13.8 Å². The summed E-state index contributed by atoms with van der Waals surface area (Å²) in [5.74, 6) is 0. The standard InChI is InChI=1S/C12H19N5/c1-5-17-9(3)11(8(2)16-17)12-10(6-13-4)7-14-15-12/h7,13H,5-6H2,1-4H3,(H,14,15). The molecule has 0 radical (unpaired) electrons. The third-order valence-electron chi connectivity index (χ3n) is 3.02. The van der Waals surface area contributed by atoms with Crippen molar-refractivity contribution in [2.45, 2.75) is 33.9 Å². The lowest BCUT2D eigenvalue weighted by molar-refractivity contribution is 0.634. The van der Waals surface area contributed by atoms with E-state index in [1.165, 1.54) is 16.8 Å². The minimum atomic E-state index is 0.808. The highest BCUT2D eigenvalue weighted by Gasteiger charge is 2.16. The van der Waals surface area contributed by atoms with Crippen molar-refractivity contribution in [2.24, 2.45) is 0 Å². The molecule has 0 atom stereocenters. The number of hydrogen-bond donors (Lipinski definition) is 2. The Kier molecular flexibility index (Phi) is 3.28. The summed E-state index contributed by atoms with van der Waals surface area (Å²) in [6, 6.07) is 0. The van der Waals surface area contributed by atoms with Crippen LogP contribution < -0.4 is 5.32 Å². The lowest BCUT2D eigenvalue weighted by atomic mass is 10.1. The van der Waals surface area contributed by atoms with Gasteiger partial charge < -0.3 is 5.32 Å². The number of nitrogens with one attached hydrogen (secondary N) is 2. The van der Waals surface area contributed by atoms with Crippen molar-refractivity contribution in [3.63, 3.8) is 0 Å². The first kappa shape index (κ1) is 11.9. The Bertz CT molecular complexity index is 509. The molecule has 2 N–H and O–H groups in total. The smallest absolute Gasteiger partial charge is 0.0732 e. The third kappa shape index (κ3) is 1.98. The molecule has 0 aromatic carbocycles. The van der Waals surface area contributed by atoms with Gasteiger partial charge in [-0.3, -0.25) is 9.78 Å². The minimum absolute atomic E-state index is 0.808. The molecule has 0 bridgehead atoms. The Morgan fingerprint density at radius 2 is 2.18 bits per heavy atom. The fourth-order valence-electron chi connectivity index (χ4n) is 2.22. The third-order valence-corrected chi connectivity index (χ3v) is 3.02. The van der Waals surface area contributed by atoms with Crippen LogP contribution in [0.3, 0.4) is 0 Å². The SMILES string of the molecule is CCn1nc(C)c(-c2[nH]ncc2CNC)c1C. The lowest BCUT2D eigenvalue weighted by Gasteiger charge is -2.04. The maximum absolute atomic E-state index is 4.53. The maximum Gasteiger partial charge on any atom is 0.0732 e. The van der Waals surface area contributed by atoms with Gasteiger partial charge in [0.15, 0.2) is 0 Å². The largest absolute Gasteiger partial charge is 0.316 e. The van der Waals surface area contributed by atoms with Gasteiger partial charge in [-0.1, -0.05) is 0 Å². The normalized spacial score (nSPS) is 11.1. The summed E-state index contributed by atoms with van der Waals surface area (Å²) < 4.78 is 2.02. The van der Waals surface area contributed by atoms with Gasteiger partial charge in [0.25, 0.3) is 0 Å². The Balaban J connectivity index is 2.52. The number of aryl methyl sites for hydroxylation is 2. The number of nitrogens with zero attached hydrogens (tertiary/aromatic N) is 3. The zero-order valence-corrected chi connectivity index (χ0v) is 10.8. The zero-order valence-electron chi connectivity index (χ0n) is 10.8. The molecule has 0 fully saturated rings. The van der Waals surface area contributed by atoms with E-state index in [9.17, 15) is 0 Å². The molecule has 0 aliphatic rings. The Labute approximate surface area is 101 Å². The van der Waals surface area contributed by atoms with Crippen molar-refractivity contribution in [3.05, 3.63) is 23.1 Å². The fourth-order valence-corrected chi connectivity index (χ4v) is 2.22. The van der Waals surface area contributed by atoms with Gasteiger partial charge in [-0.2, -0.15) is 10.2 Å². The van der Waals surface area contributed by atoms with Crippen molar-refractivity contribution >= 4 is 0 Å². The summed E-state index contributed by atoms with van der Waals surface area (Å²) in [5, 5.41) is 14.9. The predicted octanol–water partition coefficient (Wildman–Crippen LogP) is 1.63. The maximum atomic E-state index is 4.53. The second kappa shape index (κ2) is 4.71. The molecule has 0 aliphatic carbocycles. The lowest BCUT2D eigenvalue weighted by Crippen LogP contribution is -2.05. The molecule has 2 rings (SSSR count). The molecule has 0 spiro atoms. The van der Waals surface area contributed by atoms with E-state index in [-0.39, 0.29) is 0 Å². The quantitative estimate of drug-likeness (QED) is 0.844. The van der Waals surface area contributed by atoms with E-state index in [0.717, 1.165) is 24.5 Å². The Hall–Kier alpha value is -1.62. The van der Waals surface area contributed by atoms with Gasteiger partial charge in [0, 0.05) is 29.9 Å². The first-order valence-corrected chi connectivity index (χ1v) is 5.90. The van der Waals surface area contributed by atoms with E-state index < -0.39 is 0 Å². The summed E-state index contributed by atoms with van der Waals surface area (Å²) in [6.07, 6.45) is 1.87. The second-order valence-corrected chi connectivity index (χ2v) is 4.16. The summed E-state index contributed by atoms with van der Waals surface area (Å²) in [4.78, 5) is 0. The average molecular weight is 233 g/mol. The van der Waals surface area contributed by atoms with Gasteiger partial charge in [-0.05, 0) is 27.8 Å². The van der Waals surface area contributed by atoms with Gasteiger partial charge >= 0.3 is 0 Å². The number of hydrogen-bond acceptors (Lipinski definition) is 3. The zero-order chi connectivity index (χ0) is 12.4. The molecule has 0 amide bonds. The number of H-pyrrole nitrogens is 1. The summed E-state index contributed by atoms with van der Waals surface area (Å²) in [7, 11) is 1.94. The average Bonchev–Trinajstić information content (AvgIpc) is 2.84. The molecule has 0 unspecified atom stereocenters. The topological polar surface area (TPSA) is 58.5 Å². The van der Waals surface area contributed by atoms with E-state index in [4.69, 9.17) is 0 Å². The van der Waals surface area contributed by atoms with Crippen LogP contribution >= 0.6 is 0 Å². The van der Waals surface area contributed by atoms with E-state index in [1.54, 1.807) is 0 Å². The summed E-state index contributed by atoms with van der Waals surface area (Å²) in [6.45, 7) is 7.94. The van der Waals surface area contributed by atoms with E-state index in [1.807, 2.05) is 24.9 Å². The van der Waals surface area contributed by atoms with Crippen molar-refractivity contribution < 1.29 is 0 Å². The van der Waals surface area contributed by atoms with Crippen LogP contribution in [0.4, 0.5) is 0 Å². The van der Waals surface area contributed by atoms with Gasteiger partial charge in [-0.25, -0.2) is 0 Å². The molecule has 0 saturated carbocycles. The molecule has 2 aromatic rings. The van der Waals surface area contributed by atoms with Crippen LogP contribution in [-0.4, -0.2) is 27.0 Å².